The van der Waals surface area contributed by atoms with Gasteiger partial charge in [0.2, 0.25) is 5.91 Å². The second-order valence-electron chi connectivity index (χ2n) is 6.96. The Morgan fingerprint density at radius 3 is 2.33 bits per heavy atom. The van der Waals surface area contributed by atoms with Gasteiger partial charge in [0.15, 0.2) is 0 Å². The van der Waals surface area contributed by atoms with E-state index in [1.165, 1.54) is 31.0 Å². The summed E-state index contributed by atoms with van der Waals surface area (Å²) in [5.74, 6) is 1.55. The zero-order valence-corrected chi connectivity index (χ0v) is 20.0. The standard InChI is InChI=1S/C24H26N2O5S2/c1-3-31-21-12-9-19(10-13-21)26-33(28,29)23-15-20(11-14-22(23)30-2)25-24(27)17-32-16-18-7-5-4-6-8-18/h4-15,26H,3,16-17H2,1-2H3,(H,25,27). The Kier molecular flexibility index (Phi) is 8.62. The number of hydrogen-bond acceptors (Lipinski definition) is 6. The highest BCUT2D eigenvalue weighted by Gasteiger charge is 2.21. The van der Waals surface area contributed by atoms with Crippen LogP contribution >= 0.6 is 11.8 Å². The fourth-order valence-electron chi connectivity index (χ4n) is 2.99. The first-order chi connectivity index (χ1) is 15.9. The van der Waals surface area contributed by atoms with Crippen LogP contribution in [0.2, 0.25) is 0 Å². The zero-order valence-electron chi connectivity index (χ0n) is 18.4. The van der Waals surface area contributed by atoms with Crippen molar-refractivity contribution in [3.63, 3.8) is 0 Å². The Hall–Kier alpha value is -3.17. The smallest absolute Gasteiger partial charge is 0.265 e. The van der Waals surface area contributed by atoms with Crippen LogP contribution in [0.1, 0.15) is 12.5 Å². The zero-order chi connectivity index (χ0) is 23.7. The van der Waals surface area contributed by atoms with Crippen LogP contribution in [0.5, 0.6) is 11.5 Å². The number of hydrogen-bond donors (Lipinski definition) is 2. The van der Waals surface area contributed by atoms with E-state index in [-0.39, 0.29) is 22.3 Å². The maximum absolute atomic E-state index is 13.0. The molecule has 9 heteroatoms. The number of carbonyl (C=O) groups is 1. The van der Waals surface area contributed by atoms with Gasteiger partial charge in [-0.25, -0.2) is 8.42 Å². The molecule has 3 aromatic rings. The van der Waals surface area contributed by atoms with Crippen molar-refractivity contribution in [1.29, 1.82) is 0 Å². The van der Waals surface area contributed by atoms with Crippen molar-refractivity contribution in [3.05, 3.63) is 78.4 Å². The Bertz CT molecular complexity index is 1170. The van der Waals surface area contributed by atoms with Gasteiger partial charge in [-0.15, -0.1) is 11.8 Å². The number of sulfonamides is 1. The van der Waals surface area contributed by atoms with E-state index < -0.39 is 10.0 Å². The van der Waals surface area contributed by atoms with E-state index in [0.29, 0.717) is 29.5 Å². The Labute approximate surface area is 198 Å². The van der Waals surface area contributed by atoms with Gasteiger partial charge in [0.05, 0.1) is 19.5 Å². The van der Waals surface area contributed by atoms with E-state index in [1.807, 2.05) is 37.3 Å². The first-order valence-electron chi connectivity index (χ1n) is 10.3. The maximum atomic E-state index is 13.0. The molecule has 2 N–H and O–H groups in total. The van der Waals surface area contributed by atoms with Gasteiger partial charge in [-0.05, 0) is 55.0 Å². The molecule has 0 aliphatic carbocycles. The van der Waals surface area contributed by atoms with Crippen LogP contribution in [-0.4, -0.2) is 33.8 Å². The fraction of sp³-hybridized carbons (Fsp3) is 0.208. The second-order valence-corrected chi connectivity index (χ2v) is 9.59. The predicted octanol–water partition coefficient (Wildman–Crippen LogP) is 4.77. The van der Waals surface area contributed by atoms with Crippen molar-refractivity contribution >= 4 is 39.1 Å². The topological polar surface area (TPSA) is 93.7 Å². The van der Waals surface area contributed by atoms with Crippen molar-refractivity contribution in [3.8, 4) is 11.5 Å². The minimum absolute atomic E-state index is 0.0753. The molecular weight excluding hydrogens is 460 g/mol. The molecule has 174 valence electrons. The van der Waals surface area contributed by atoms with Crippen molar-refractivity contribution in [2.45, 2.75) is 17.6 Å². The largest absolute Gasteiger partial charge is 0.495 e. The fourth-order valence-corrected chi connectivity index (χ4v) is 5.04. The summed E-state index contributed by atoms with van der Waals surface area (Å²) < 4.78 is 39.2. The molecule has 3 aromatic carbocycles. The van der Waals surface area contributed by atoms with E-state index in [0.717, 1.165) is 5.56 Å². The van der Waals surface area contributed by atoms with Crippen molar-refractivity contribution in [2.24, 2.45) is 0 Å². The van der Waals surface area contributed by atoms with E-state index in [1.54, 1.807) is 30.3 Å². The lowest BCUT2D eigenvalue weighted by molar-refractivity contribution is -0.113. The van der Waals surface area contributed by atoms with Crippen molar-refractivity contribution in [2.75, 3.05) is 29.5 Å². The Morgan fingerprint density at radius 1 is 0.970 bits per heavy atom. The summed E-state index contributed by atoms with van der Waals surface area (Å²) in [6, 6.07) is 21.0. The van der Waals surface area contributed by atoms with Crippen molar-refractivity contribution < 1.29 is 22.7 Å². The average molecular weight is 487 g/mol. The van der Waals surface area contributed by atoms with E-state index in [2.05, 4.69) is 10.0 Å². The Balaban J connectivity index is 1.68. The summed E-state index contributed by atoms with van der Waals surface area (Å²) >= 11 is 1.48. The summed E-state index contributed by atoms with van der Waals surface area (Å²) in [5.41, 5.74) is 1.88. The van der Waals surface area contributed by atoms with Crippen LogP contribution in [0.4, 0.5) is 11.4 Å². The van der Waals surface area contributed by atoms with Crippen LogP contribution in [-0.2, 0) is 20.6 Å². The number of methoxy groups -OCH3 is 1. The molecule has 0 bridgehead atoms. The number of anilines is 2. The first-order valence-corrected chi connectivity index (χ1v) is 12.9. The summed E-state index contributed by atoms with van der Waals surface area (Å²) in [7, 11) is -2.57. The summed E-state index contributed by atoms with van der Waals surface area (Å²) in [5, 5.41) is 2.75. The molecule has 0 aliphatic heterocycles. The molecule has 3 rings (SSSR count). The third-order valence-corrected chi connectivity index (χ3v) is 6.91. The van der Waals surface area contributed by atoms with Gasteiger partial charge in [-0.3, -0.25) is 9.52 Å². The number of benzene rings is 3. The minimum Gasteiger partial charge on any atom is -0.495 e. The van der Waals surface area contributed by atoms with Gasteiger partial charge in [0, 0.05) is 17.1 Å². The molecule has 0 spiro atoms. The normalized spacial score (nSPS) is 11.0. The summed E-state index contributed by atoms with van der Waals surface area (Å²) in [6.07, 6.45) is 0. The molecular formula is C24H26N2O5S2. The van der Waals surface area contributed by atoms with Crippen LogP contribution in [0.15, 0.2) is 77.7 Å². The van der Waals surface area contributed by atoms with Gasteiger partial charge in [-0.2, -0.15) is 0 Å². The molecule has 0 radical (unpaired) electrons. The summed E-state index contributed by atoms with van der Waals surface area (Å²) in [4.78, 5) is 12.3. The number of nitrogens with one attached hydrogen (secondary N) is 2. The number of rotatable bonds is 11. The number of ether oxygens (including phenoxy) is 2. The number of amides is 1. The molecule has 0 aliphatic rings. The molecule has 0 fully saturated rings. The lowest BCUT2D eigenvalue weighted by Crippen LogP contribution is -2.17. The highest BCUT2D eigenvalue weighted by molar-refractivity contribution is 7.99. The van der Waals surface area contributed by atoms with Gasteiger partial charge in [0.25, 0.3) is 10.0 Å². The van der Waals surface area contributed by atoms with Gasteiger partial charge in [0.1, 0.15) is 16.4 Å². The van der Waals surface area contributed by atoms with E-state index in [4.69, 9.17) is 9.47 Å². The number of carbonyl (C=O) groups excluding carboxylic acids is 1. The van der Waals surface area contributed by atoms with Gasteiger partial charge < -0.3 is 14.8 Å². The summed E-state index contributed by atoms with van der Waals surface area (Å²) in [6.45, 7) is 2.39. The Morgan fingerprint density at radius 2 is 1.67 bits per heavy atom. The highest BCUT2D eigenvalue weighted by atomic mass is 32.2. The molecule has 33 heavy (non-hydrogen) atoms. The van der Waals surface area contributed by atoms with Crippen LogP contribution in [0.25, 0.3) is 0 Å². The monoisotopic (exact) mass is 486 g/mol. The maximum Gasteiger partial charge on any atom is 0.265 e. The third kappa shape index (κ3) is 7.16. The lowest BCUT2D eigenvalue weighted by Gasteiger charge is -2.14. The first kappa shape index (κ1) is 24.5. The molecule has 7 nitrogen and oxygen atoms in total. The minimum atomic E-state index is -3.96. The van der Waals surface area contributed by atoms with E-state index in [9.17, 15) is 13.2 Å². The van der Waals surface area contributed by atoms with Crippen LogP contribution in [0.3, 0.4) is 0 Å². The molecule has 0 aromatic heterocycles. The average Bonchev–Trinajstić information content (AvgIpc) is 2.81. The third-order valence-electron chi connectivity index (χ3n) is 4.50. The second kappa shape index (κ2) is 11.6. The van der Waals surface area contributed by atoms with E-state index >= 15 is 0 Å². The van der Waals surface area contributed by atoms with Gasteiger partial charge >= 0.3 is 0 Å². The van der Waals surface area contributed by atoms with Crippen LogP contribution < -0.4 is 19.5 Å². The van der Waals surface area contributed by atoms with Gasteiger partial charge in [-0.1, -0.05) is 30.3 Å². The highest BCUT2D eigenvalue weighted by Crippen LogP contribution is 2.29. The van der Waals surface area contributed by atoms with Crippen LogP contribution in [0, 0.1) is 0 Å². The van der Waals surface area contributed by atoms with Crippen molar-refractivity contribution in [1.82, 2.24) is 0 Å². The lowest BCUT2D eigenvalue weighted by atomic mass is 10.2. The quantitative estimate of drug-likeness (QED) is 0.406. The predicted molar refractivity (Wildman–Crippen MR) is 133 cm³/mol. The number of thioether (sulfide) groups is 1. The molecule has 0 atom stereocenters. The molecule has 0 saturated heterocycles. The molecule has 1 amide bonds. The molecule has 0 unspecified atom stereocenters. The molecule has 0 saturated carbocycles. The molecule has 0 heterocycles. The SMILES string of the molecule is CCOc1ccc(NS(=O)(=O)c2cc(NC(=O)CSCc3ccccc3)ccc2OC)cc1.